The molecule has 2 N–H and O–H groups in total. The van der Waals surface area contributed by atoms with E-state index in [0.29, 0.717) is 13.2 Å². The van der Waals surface area contributed by atoms with Crippen LogP contribution in [0.1, 0.15) is 19.8 Å². The van der Waals surface area contributed by atoms with Gasteiger partial charge in [0.05, 0.1) is 13.2 Å². The fourth-order valence-electron chi connectivity index (χ4n) is 1.29. The topological polar surface area (TPSA) is 54.9 Å². The first-order valence-electron chi connectivity index (χ1n) is 6.47. The van der Waals surface area contributed by atoms with Crippen LogP contribution in [0.25, 0.3) is 0 Å². The molecule has 0 bridgehead atoms. The third kappa shape index (κ3) is 11.4. The van der Waals surface area contributed by atoms with Crippen molar-refractivity contribution in [1.82, 2.24) is 10.6 Å². The highest BCUT2D eigenvalue weighted by Gasteiger charge is 1.95. The molecule has 0 atom stereocenters. The Labute approximate surface area is 111 Å². The van der Waals surface area contributed by atoms with Gasteiger partial charge < -0.3 is 20.1 Å². The first kappa shape index (κ1) is 16.9. The minimum atomic E-state index is 0.654. The summed E-state index contributed by atoms with van der Waals surface area (Å²) in [5.41, 5.74) is 0. The zero-order valence-electron chi connectivity index (χ0n) is 11.9. The monoisotopic (exact) mass is 257 g/mol. The van der Waals surface area contributed by atoms with E-state index < -0.39 is 0 Å². The van der Waals surface area contributed by atoms with E-state index >= 15 is 0 Å². The standard InChI is InChI=1S/C13H27N3O2/c1-4-5-6-8-15-13(14-2)16-9-7-10-18-12-11-17-3/h4-5H,6-12H2,1-3H3,(H2,14,15,16)/b5-4+. The average molecular weight is 257 g/mol. The van der Waals surface area contributed by atoms with Crippen molar-refractivity contribution in [2.75, 3.05) is 47.1 Å². The van der Waals surface area contributed by atoms with Gasteiger partial charge in [-0.1, -0.05) is 12.2 Å². The molecule has 0 aliphatic carbocycles. The van der Waals surface area contributed by atoms with Gasteiger partial charge in [-0.25, -0.2) is 0 Å². The Morgan fingerprint density at radius 1 is 1.17 bits per heavy atom. The highest BCUT2D eigenvalue weighted by molar-refractivity contribution is 5.79. The van der Waals surface area contributed by atoms with Crippen molar-refractivity contribution >= 4 is 5.96 Å². The maximum Gasteiger partial charge on any atom is 0.190 e. The number of methoxy groups -OCH3 is 1. The molecule has 0 heterocycles. The smallest absolute Gasteiger partial charge is 0.190 e. The maximum atomic E-state index is 5.37. The minimum Gasteiger partial charge on any atom is -0.382 e. The zero-order chi connectivity index (χ0) is 13.5. The molecule has 5 heteroatoms. The lowest BCUT2D eigenvalue weighted by Gasteiger charge is -2.11. The summed E-state index contributed by atoms with van der Waals surface area (Å²) in [6.07, 6.45) is 6.15. The summed E-state index contributed by atoms with van der Waals surface area (Å²) in [4.78, 5) is 4.14. The summed E-state index contributed by atoms with van der Waals surface area (Å²) in [5.74, 6) is 0.844. The van der Waals surface area contributed by atoms with Gasteiger partial charge in [0, 0.05) is 33.9 Å². The van der Waals surface area contributed by atoms with Crippen LogP contribution in [0.2, 0.25) is 0 Å². The molecule has 0 fully saturated rings. The van der Waals surface area contributed by atoms with E-state index in [4.69, 9.17) is 9.47 Å². The van der Waals surface area contributed by atoms with E-state index in [-0.39, 0.29) is 0 Å². The second kappa shape index (κ2) is 14.0. The Morgan fingerprint density at radius 3 is 2.61 bits per heavy atom. The van der Waals surface area contributed by atoms with Crippen LogP contribution in [0.3, 0.4) is 0 Å². The van der Waals surface area contributed by atoms with Gasteiger partial charge in [0.1, 0.15) is 0 Å². The molecule has 0 amide bonds. The van der Waals surface area contributed by atoms with E-state index in [9.17, 15) is 0 Å². The number of ether oxygens (including phenoxy) is 2. The SMILES string of the molecule is C/C=C/CCNC(=NC)NCCCOCCOC. The number of nitrogens with one attached hydrogen (secondary N) is 2. The Morgan fingerprint density at radius 2 is 1.94 bits per heavy atom. The molecule has 0 unspecified atom stereocenters. The third-order valence-electron chi connectivity index (χ3n) is 2.25. The molecule has 5 nitrogen and oxygen atoms in total. The van der Waals surface area contributed by atoms with E-state index in [2.05, 4.69) is 27.8 Å². The Kier molecular flexibility index (Phi) is 13.2. The van der Waals surface area contributed by atoms with Gasteiger partial charge in [-0.05, 0) is 19.8 Å². The lowest BCUT2D eigenvalue weighted by Crippen LogP contribution is -2.38. The number of aliphatic imine (C=N–C) groups is 1. The lowest BCUT2D eigenvalue weighted by atomic mass is 10.4. The van der Waals surface area contributed by atoms with E-state index in [1.165, 1.54) is 0 Å². The van der Waals surface area contributed by atoms with Gasteiger partial charge in [0.15, 0.2) is 5.96 Å². The largest absolute Gasteiger partial charge is 0.382 e. The molecule has 0 radical (unpaired) electrons. The predicted octanol–water partition coefficient (Wildman–Crippen LogP) is 1.17. The quantitative estimate of drug-likeness (QED) is 0.267. The molecular weight excluding hydrogens is 230 g/mol. The van der Waals surface area contributed by atoms with Crippen molar-refractivity contribution in [1.29, 1.82) is 0 Å². The van der Waals surface area contributed by atoms with Crippen LogP contribution in [-0.4, -0.2) is 53.0 Å². The number of hydrogen-bond donors (Lipinski definition) is 2. The van der Waals surface area contributed by atoms with Crippen LogP contribution in [0, 0.1) is 0 Å². The van der Waals surface area contributed by atoms with Crippen LogP contribution >= 0.6 is 0 Å². The maximum absolute atomic E-state index is 5.37. The molecule has 106 valence electrons. The molecule has 0 aliphatic rings. The van der Waals surface area contributed by atoms with Gasteiger partial charge in [-0.3, -0.25) is 4.99 Å². The number of hydrogen-bond acceptors (Lipinski definition) is 3. The van der Waals surface area contributed by atoms with Crippen molar-refractivity contribution in [3.05, 3.63) is 12.2 Å². The fourth-order valence-corrected chi connectivity index (χ4v) is 1.29. The number of rotatable bonds is 10. The molecule has 0 saturated heterocycles. The fraction of sp³-hybridized carbons (Fsp3) is 0.769. The van der Waals surface area contributed by atoms with Crippen molar-refractivity contribution in [2.45, 2.75) is 19.8 Å². The Hall–Kier alpha value is -1.07. The first-order valence-corrected chi connectivity index (χ1v) is 6.47. The van der Waals surface area contributed by atoms with Crippen LogP contribution < -0.4 is 10.6 Å². The molecular formula is C13H27N3O2. The second-order valence-electron chi connectivity index (χ2n) is 3.74. The summed E-state index contributed by atoms with van der Waals surface area (Å²) in [6.45, 7) is 5.83. The molecule has 0 aromatic carbocycles. The Bertz CT molecular complexity index is 230. The summed E-state index contributed by atoms with van der Waals surface area (Å²) < 4.78 is 10.3. The predicted molar refractivity (Wildman–Crippen MR) is 76.1 cm³/mol. The Balaban J connectivity index is 3.39. The first-order chi connectivity index (χ1) is 8.85. The van der Waals surface area contributed by atoms with Crippen LogP contribution in [-0.2, 0) is 9.47 Å². The highest BCUT2D eigenvalue weighted by atomic mass is 16.5. The average Bonchev–Trinajstić information content (AvgIpc) is 2.40. The molecule has 0 saturated carbocycles. The van der Waals surface area contributed by atoms with Crippen molar-refractivity contribution in [2.24, 2.45) is 4.99 Å². The van der Waals surface area contributed by atoms with Gasteiger partial charge in [-0.2, -0.15) is 0 Å². The van der Waals surface area contributed by atoms with E-state index in [0.717, 1.165) is 38.5 Å². The summed E-state index contributed by atoms with van der Waals surface area (Å²) >= 11 is 0. The van der Waals surface area contributed by atoms with Crippen molar-refractivity contribution in [3.8, 4) is 0 Å². The van der Waals surface area contributed by atoms with Crippen molar-refractivity contribution < 1.29 is 9.47 Å². The molecule has 0 aromatic heterocycles. The minimum absolute atomic E-state index is 0.654. The zero-order valence-corrected chi connectivity index (χ0v) is 11.9. The van der Waals surface area contributed by atoms with Crippen LogP contribution in [0.15, 0.2) is 17.1 Å². The number of allylic oxidation sites excluding steroid dienone is 1. The third-order valence-corrected chi connectivity index (χ3v) is 2.25. The summed E-state index contributed by atoms with van der Waals surface area (Å²) in [6, 6.07) is 0. The summed E-state index contributed by atoms with van der Waals surface area (Å²) in [7, 11) is 3.45. The normalized spacial score (nSPS) is 12.1. The van der Waals surface area contributed by atoms with E-state index in [1.807, 2.05) is 6.92 Å². The van der Waals surface area contributed by atoms with Gasteiger partial charge in [0.25, 0.3) is 0 Å². The van der Waals surface area contributed by atoms with E-state index in [1.54, 1.807) is 14.2 Å². The molecule has 0 aliphatic heterocycles. The van der Waals surface area contributed by atoms with Crippen LogP contribution in [0.5, 0.6) is 0 Å². The van der Waals surface area contributed by atoms with Crippen LogP contribution in [0.4, 0.5) is 0 Å². The van der Waals surface area contributed by atoms with Gasteiger partial charge in [-0.15, -0.1) is 0 Å². The lowest BCUT2D eigenvalue weighted by molar-refractivity contribution is 0.0698. The van der Waals surface area contributed by atoms with Gasteiger partial charge >= 0.3 is 0 Å². The number of guanidine groups is 1. The molecule has 0 rings (SSSR count). The summed E-state index contributed by atoms with van der Waals surface area (Å²) in [5, 5.41) is 6.48. The number of nitrogens with zero attached hydrogens (tertiary/aromatic N) is 1. The highest BCUT2D eigenvalue weighted by Crippen LogP contribution is 1.83. The van der Waals surface area contributed by atoms with Crippen molar-refractivity contribution in [3.63, 3.8) is 0 Å². The molecule has 0 aromatic rings. The van der Waals surface area contributed by atoms with Gasteiger partial charge in [0.2, 0.25) is 0 Å². The molecule has 0 spiro atoms. The molecule has 18 heavy (non-hydrogen) atoms. The second-order valence-corrected chi connectivity index (χ2v) is 3.74.